The fourth-order valence-corrected chi connectivity index (χ4v) is 11.3. The van der Waals surface area contributed by atoms with Crippen LogP contribution in [-0.4, -0.2) is 88.5 Å². The van der Waals surface area contributed by atoms with Crippen LogP contribution < -0.4 is 11.1 Å². The van der Waals surface area contributed by atoms with Gasteiger partial charge in [-0.25, -0.2) is 31.2 Å². The number of thiophene rings is 2. The highest BCUT2D eigenvalue weighted by atomic mass is 32.2. The predicted octanol–water partition coefficient (Wildman–Crippen LogP) is 8.54. The van der Waals surface area contributed by atoms with E-state index in [-0.39, 0.29) is 69.9 Å². The van der Waals surface area contributed by atoms with Crippen LogP contribution in [0.2, 0.25) is 0 Å². The van der Waals surface area contributed by atoms with Crippen LogP contribution in [0.5, 0.6) is 0 Å². The highest BCUT2D eigenvalue weighted by molar-refractivity contribution is 7.91. The summed E-state index contributed by atoms with van der Waals surface area (Å²) in [6.45, 7) is 23.7. The van der Waals surface area contributed by atoms with E-state index in [1.54, 1.807) is 41.8 Å². The van der Waals surface area contributed by atoms with Crippen LogP contribution in [-0.2, 0) is 55.3 Å². The van der Waals surface area contributed by atoms with Gasteiger partial charge in [-0.3, -0.25) is 24.6 Å². The minimum absolute atomic E-state index is 0.0105. The van der Waals surface area contributed by atoms with Crippen LogP contribution >= 0.6 is 22.7 Å². The number of hydrogen-bond donors (Lipinski definition) is 3. The van der Waals surface area contributed by atoms with E-state index < -0.39 is 36.8 Å². The number of ether oxygens (including phenoxy) is 2. The third kappa shape index (κ3) is 14.3. The van der Waals surface area contributed by atoms with Crippen LogP contribution in [0.4, 0.5) is 9.59 Å². The Hall–Kier alpha value is -4.96. The molecule has 3 amide bonds. The van der Waals surface area contributed by atoms with Crippen molar-refractivity contribution in [2.75, 3.05) is 11.5 Å². The quantitative estimate of drug-likeness (QED) is 0.127. The average Bonchev–Trinajstić information content (AvgIpc) is 4.02. The first kappa shape index (κ1) is 54.6. The number of nitrogens with one attached hydrogen (secondary N) is 1. The Morgan fingerprint density at radius 3 is 1.48 bits per heavy atom. The van der Waals surface area contributed by atoms with E-state index in [1.165, 1.54) is 47.2 Å². The lowest BCUT2D eigenvalue weighted by Crippen LogP contribution is -2.37. The number of rotatable bonds is 11. The Morgan fingerprint density at radius 2 is 1.13 bits per heavy atom. The van der Waals surface area contributed by atoms with Gasteiger partial charge >= 0.3 is 18.2 Å². The molecule has 4 N–H and O–H groups in total. The molecule has 2 aliphatic heterocycles. The zero-order valence-corrected chi connectivity index (χ0v) is 43.5. The van der Waals surface area contributed by atoms with Gasteiger partial charge in [0.2, 0.25) is 0 Å². The van der Waals surface area contributed by atoms with Crippen molar-refractivity contribution in [2.45, 2.75) is 142 Å². The van der Waals surface area contributed by atoms with Crippen molar-refractivity contribution in [3.05, 3.63) is 90.8 Å². The van der Waals surface area contributed by atoms with Gasteiger partial charge in [0.25, 0.3) is 5.91 Å². The largest absolute Gasteiger partial charge is 0.477 e. The molecule has 0 aromatic carbocycles. The van der Waals surface area contributed by atoms with Crippen LogP contribution in [0.1, 0.15) is 147 Å². The number of fused-ring (bicyclic) bond motifs is 2. The van der Waals surface area contributed by atoms with Crippen molar-refractivity contribution in [3.63, 3.8) is 0 Å². The van der Waals surface area contributed by atoms with E-state index in [9.17, 15) is 36.0 Å². The second-order valence-corrected chi connectivity index (χ2v) is 25.3. The first-order valence-corrected chi connectivity index (χ1v) is 26.8. The Labute approximate surface area is 402 Å². The normalized spacial score (nSPS) is 15.8. The van der Waals surface area contributed by atoms with Crippen LogP contribution in [0.15, 0.2) is 58.6 Å². The average molecular weight is 1010 g/mol. The number of carbonyl (C=O) groups excluding carboxylic acids is 3. The molecule has 368 valence electrons. The maximum absolute atomic E-state index is 12.7. The SMILES string of the molecule is CC(C)C1c2sc(C(=O)O)cc2CN1C(=O)OC(C)(C)C.CCS(=O)(=O)c1ccc(CN)nc1.CCS(=O)(=O)c1ccc(CNC(=O)c2cc3c(s2)C(C(C)C)N(C(=O)OC(C)(C)C)C3)nc1. The van der Waals surface area contributed by atoms with Crippen molar-refractivity contribution >= 4 is 66.4 Å². The van der Waals surface area contributed by atoms with Gasteiger partial charge in [0.05, 0.1) is 69.3 Å². The molecule has 0 radical (unpaired) electrons. The molecule has 4 aromatic rings. The van der Waals surface area contributed by atoms with Crippen molar-refractivity contribution < 1.29 is 50.6 Å². The van der Waals surface area contributed by atoms with Gasteiger partial charge in [-0.05, 0) is 101 Å². The first-order valence-electron chi connectivity index (χ1n) is 21.8. The monoisotopic (exact) mass is 1000 g/mol. The van der Waals surface area contributed by atoms with Crippen LogP contribution in [0.25, 0.3) is 0 Å². The Morgan fingerprint density at radius 1 is 0.731 bits per heavy atom. The number of hydrogen-bond acceptors (Lipinski definition) is 15. The van der Waals surface area contributed by atoms with Gasteiger partial charge in [0.1, 0.15) is 16.1 Å². The van der Waals surface area contributed by atoms with Gasteiger partial charge in [-0.15, -0.1) is 22.7 Å². The molecule has 2 unspecified atom stereocenters. The van der Waals surface area contributed by atoms with E-state index in [4.69, 9.17) is 20.3 Å². The topological polar surface area (TPSA) is 246 Å². The van der Waals surface area contributed by atoms with Crippen molar-refractivity contribution in [3.8, 4) is 0 Å². The molecular weight excluding hydrogens is 941 g/mol. The predicted molar refractivity (Wildman–Crippen MR) is 257 cm³/mol. The number of amides is 3. The number of carbonyl (C=O) groups is 4. The van der Waals surface area contributed by atoms with Gasteiger partial charge in [0.15, 0.2) is 19.7 Å². The Bertz CT molecular complexity index is 2610. The van der Waals surface area contributed by atoms with Crippen LogP contribution in [0, 0.1) is 11.8 Å². The van der Waals surface area contributed by atoms with Crippen molar-refractivity contribution in [2.24, 2.45) is 17.6 Å². The number of carboxylic acids is 1. The summed E-state index contributed by atoms with van der Waals surface area (Å²) >= 11 is 2.65. The summed E-state index contributed by atoms with van der Waals surface area (Å²) in [4.78, 5) is 63.7. The number of carboxylic acid groups (broad SMARTS) is 1. The first-order chi connectivity index (χ1) is 31.0. The summed E-state index contributed by atoms with van der Waals surface area (Å²) in [7, 11) is -6.43. The third-order valence-electron chi connectivity index (χ3n) is 10.2. The second-order valence-electron chi connectivity index (χ2n) is 18.6. The zero-order valence-electron chi connectivity index (χ0n) is 40.2. The molecule has 0 saturated carbocycles. The number of nitrogens with zero attached hydrogens (tertiary/aromatic N) is 4. The molecule has 0 spiro atoms. The van der Waals surface area contributed by atoms with Gasteiger partial charge in [0, 0.05) is 28.7 Å². The number of pyridine rings is 2. The number of sulfone groups is 2. The molecule has 21 heteroatoms. The van der Waals surface area contributed by atoms with Gasteiger partial charge in [-0.2, -0.15) is 0 Å². The third-order valence-corrected chi connectivity index (χ3v) is 16.2. The molecule has 4 aromatic heterocycles. The van der Waals surface area contributed by atoms with Gasteiger partial charge < -0.3 is 25.6 Å². The van der Waals surface area contributed by atoms with E-state index in [0.29, 0.717) is 40.8 Å². The number of aromatic nitrogens is 2. The lowest BCUT2D eigenvalue weighted by atomic mass is 10.0. The highest BCUT2D eigenvalue weighted by Gasteiger charge is 2.41. The molecule has 17 nitrogen and oxygen atoms in total. The van der Waals surface area contributed by atoms with E-state index >= 15 is 0 Å². The maximum Gasteiger partial charge on any atom is 0.411 e. The van der Waals surface area contributed by atoms with Crippen LogP contribution in [0.3, 0.4) is 0 Å². The minimum atomic E-state index is -3.31. The molecule has 0 saturated heterocycles. The van der Waals surface area contributed by atoms with E-state index in [0.717, 1.165) is 20.9 Å². The molecule has 0 aliphatic carbocycles. The van der Waals surface area contributed by atoms with E-state index in [2.05, 4.69) is 15.3 Å². The maximum atomic E-state index is 12.7. The molecule has 6 rings (SSSR count). The van der Waals surface area contributed by atoms with Crippen molar-refractivity contribution in [1.29, 1.82) is 0 Å². The zero-order chi connectivity index (χ0) is 50.4. The number of aromatic carboxylic acids is 1. The fourth-order valence-electron chi connectivity index (χ4n) is 7.03. The summed E-state index contributed by atoms with van der Waals surface area (Å²) < 4.78 is 57.5. The highest BCUT2D eigenvalue weighted by Crippen LogP contribution is 2.45. The summed E-state index contributed by atoms with van der Waals surface area (Å²) in [5, 5.41) is 11.9. The molecule has 67 heavy (non-hydrogen) atoms. The summed E-state index contributed by atoms with van der Waals surface area (Å²) in [5.41, 5.74) is 7.35. The Kier molecular flexibility index (Phi) is 17.9. The van der Waals surface area contributed by atoms with Gasteiger partial charge in [-0.1, -0.05) is 41.5 Å². The second kappa shape index (κ2) is 22.0. The fraction of sp³-hybridized carbons (Fsp3) is 0.522. The molecule has 0 fully saturated rings. The summed E-state index contributed by atoms with van der Waals surface area (Å²) in [6, 6.07) is 9.51. The lowest BCUT2D eigenvalue weighted by Gasteiger charge is -2.30. The molecule has 2 atom stereocenters. The molecule has 2 aliphatic rings. The molecule has 6 heterocycles. The smallest absolute Gasteiger partial charge is 0.411 e. The molecule has 0 bridgehead atoms. The summed E-state index contributed by atoms with van der Waals surface area (Å²) in [5.74, 6) is -0.685. The van der Waals surface area contributed by atoms with E-state index in [1.807, 2.05) is 75.3 Å². The Balaban J connectivity index is 0.000000245. The summed E-state index contributed by atoms with van der Waals surface area (Å²) in [6.07, 6.45) is 1.97. The van der Waals surface area contributed by atoms with Crippen molar-refractivity contribution in [1.82, 2.24) is 25.1 Å². The molecular formula is C46H64N6O11S4. The number of nitrogens with two attached hydrogens (primary N) is 1. The minimum Gasteiger partial charge on any atom is -0.477 e. The lowest BCUT2D eigenvalue weighted by molar-refractivity contribution is 0.0120. The standard InChI is InChI=1S/C23H31N3O5S2.C15H21NO4S.C8H12N2O2S/c1-7-33(29,30)17-9-8-16(24-12-17)11-25-21(27)18-10-15-13-26(22(28)31-23(4,5)6)19(14(2)3)20(15)32-18;1-8(2)11-12-9(6-10(21-12)13(17)18)7-16(11)14(19)20-15(3,4)5;1-2-13(11,12)8-4-3-7(5-9)10-6-8/h8-10,12,14,19H,7,11,13H2,1-6H3,(H,25,27);6,8,11H,7H2,1-5H3,(H,17,18);3-4,6H,2,5,9H2,1H3.